The summed E-state index contributed by atoms with van der Waals surface area (Å²) in [6.07, 6.45) is 10.2. The van der Waals surface area contributed by atoms with Crippen molar-refractivity contribution < 1.29 is 14.2 Å². The molecular formula is C14H13FO2S. The molecule has 4 heteroatoms. The summed E-state index contributed by atoms with van der Waals surface area (Å²) in [6, 6.07) is 0. The number of ether oxygens (including phenoxy) is 1. The minimum Gasteiger partial charge on any atom is -0.464 e. The topological polar surface area (TPSA) is 29.5 Å². The van der Waals surface area contributed by atoms with Crippen LogP contribution in [0.15, 0.2) is 58.2 Å². The first-order chi connectivity index (χ1) is 8.76. The van der Waals surface area contributed by atoms with Crippen molar-refractivity contribution in [3.63, 3.8) is 0 Å². The molecule has 0 fully saturated rings. The summed E-state index contributed by atoms with van der Waals surface area (Å²) in [5.74, 6) is 0.498. The Bertz CT molecular complexity index is 526. The van der Waals surface area contributed by atoms with Gasteiger partial charge in [-0.15, -0.1) is 11.8 Å². The van der Waals surface area contributed by atoms with Crippen LogP contribution in [-0.2, 0) is 4.74 Å². The van der Waals surface area contributed by atoms with Crippen molar-refractivity contribution in [1.82, 2.24) is 0 Å². The van der Waals surface area contributed by atoms with E-state index in [4.69, 9.17) is 9.84 Å². The maximum atomic E-state index is 13.2. The zero-order chi connectivity index (χ0) is 12.5. The molecule has 2 nitrogen and oxygen atoms in total. The van der Waals surface area contributed by atoms with E-state index in [1.807, 2.05) is 12.2 Å². The van der Waals surface area contributed by atoms with Gasteiger partial charge in [-0.25, -0.2) is 4.39 Å². The number of thioether (sulfide) groups is 1. The van der Waals surface area contributed by atoms with Crippen LogP contribution < -0.4 is 0 Å². The van der Waals surface area contributed by atoms with Crippen LogP contribution >= 0.6 is 11.8 Å². The summed E-state index contributed by atoms with van der Waals surface area (Å²) in [5.41, 5.74) is 1.87. The molecule has 0 aromatic carbocycles. The van der Waals surface area contributed by atoms with Crippen LogP contribution in [0.3, 0.4) is 0 Å². The van der Waals surface area contributed by atoms with E-state index in [1.165, 1.54) is 6.08 Å². The van der Waals surface area contributed by atoms with E-state index in [-0.39, 0.29) is 17.7 Å². The highest BCUT2D eigenvalue weighted by molar-refractivity contribution is 8.04. The lowest BCUT2D eigenvalue weighted by Crippen LogP contribution is -2.07. The third-order valence-corrected chi connectivity index (χ3v) is 4.47. The number of aliphatic hydroxyl groups excluding tert-OH is 1. The fourth-order valence-corrected chi connectivity index (χ4v) is 3.29. The maximum absolute atomic E-state index is 13.2. The average molecular weight is 264 g/mol. The standard InChI is InChI=1S/C14H13FO2S/c15-11-2-4-14-12(6-11)17-8-10-5-9(7-16)1-3-13(10)18-14/h1,3,5-6,8,13,16H,2,4,7H2. The van der Waals surface area contributed by atoms with Gasteiger partial charge in [0.05, 0.1) is 18.1 Å². The smallest absolute Gasteiger partial charge is 0.138 e. The summed E-state index contributed by atoms with van der Waals surface area (Å²) >= 11 is 1.70. The molecule has 3 aliphatic rings. The lowest BCUT2D eigenvalue weighted by atomic mass is 10.0. The zero-order valence-electron chi connectivity index (χ0n) is 9.73. The molecule has 94 valence electrons. The lowest BCUT2D eigenvalue weighted by molar-refractivity contribution is 0.334. The zero-order valence-corrected chi connectivity index (χ0v) is 10.5. The van der Waals surface area contributed by atoms with Crippen LogP contribution in [0.4, 0.5) is 4.39 Å². The first-order valence-electron chi connectivity index (χ1n) is 5.88. The first kappa shape index (κ1) is 11.8. The fraction of sp³-hybridized carbons (Fsp3) is 0.286. The van der Waals surface area contributed by atoms with Gasteiger partial charge in [0.1, 0.15) is 11.6 Å². The van der Waals surface area contributed by atoms with Gasteiger partial charge in [-0.05, 0) is 18.1 Å². The first-order valence-corrected chi connectivity index (χ1v) is 6.76. The molecule has 0 aromatic heterocycles. The molecule has 0 radical (unpaired) electrons. The van der Waals surface area contributed by atoms with Gasteiger partial charge in [0.2, 0.25) is 0 Å². The van der Waals surface area contributed by atoms with Gasteiger partial charge in [-0.1, -0.05) is 12.2 Å². The largest absolute Gasteiger partial charge is 0.464 e. The number of fused-ring (bicyclic) bond motifs is 1. The van der Waals surface area contributed by atoms with E-state index < -0.39 is 0 Å². The Labute approximate surface area is 109 Å². The van der Waals surface area contributed by atoms with Gasteiger partial charge in [-0.2, -0.15) is 0 Å². The summed E-state index contributed by atoms with van der Waals surface area (Å²) < 4.78 is 18.8. The molecule has 2 aliphatic carbocycles. The second kappa shape index (κ2) is 4.78. The fourth-order valence-electron chi connectivity index (χ4n) is 2.13. The summed E-state index contributed by atoms with van der Waals surface area (Å²) in [5, 5.41) is 9.33. The SMILES string of the molecule is OCC1=CC2=COC3=C(CCC(F)=C3)SC2C=C1. The van der Waals surface area contributed by atoms with E-state index in [0.717, 1.165) is 16.1 Å². The van der Waals surface area contributed by atoms with Gasteiger partial charge >= 0.3 is 0 Å². The average Bonchev–Trinajstić information content (AvgIpc) is 2.57. The monoisotopic (exact) mass is 264 g/mol. The van der Waals surface area contributed by atoms with Crippen molar-refractivity contribution in [3.05, 3.63) is 58.2 Å². The Hall–Kier alpha value is -1.26. The normalized spacial score (nSPS) is 26.3. The molecule has 0 bridgehead atoms. The van der Waals surface area contributed by atoms with E-state index in [2.05, 4.69) is 6.08 Å². The molecule has 1 unspecified atom stereocenters. The van der Waals surface area contributed by atoms with Gasteiger partial charge in [0.15, 0.2) is 0 Å². The quantitative estimate of drug-likeness (QED) is 0.787. The maximum Gasteiger partial charge on any atom is 0.138 e. The van der Waals surface area contributed by atoms with Crippen molar-refractivity contribution in [2.75, 3.05) is 6.61 Å². The molecule has 0 aromatic rings. The summed E-state index contributed by atoms with van der Waals surface area (Å²) in [4.78, 5) is 1.10. The summed E-state index contributed by atoms with van der Waals surface area (Å²) in [6.45, 7) is 0.0207. The van der Waals surface area contributed by atoms with Crippen LogP contribution in [0, 0.1) is 0 Å². The van der Waals surface area contributed by atoms with Crippen molar-refractivity contribution in [3.8, 4) is 0 Å². The molecule has 0 saturated heterocycles. The van der Waals surface area contributed by atoms with E-state index in [0.29, 0.717) is 18.6 Å². The minimum atomic E-state index is -0.125. The Morgan fingerprint density at radius 3 is 3.11 bits per heavy atom. The Kier molecular flexibility index (Phi) is 3.14. The molecule has 3 rings (SSSR count). The molecule has 0 amide bonds. The Morgan fingerprint density at radius 2 is 2.28 bits per heavy atom. The van der Waals surface area contributed by atoms with Crippen LogP contribution in [0.5, 0.6) is 0 Å². The predicted octanol–water partition coefficient (Wildman–Crippen LogP) is 3.35. The van der Waals surface area contributed by atoms with Crippen LogP contribution in [0.1, 0.15) is 12.8 Å². The molecule has 1 heterocycles. The van der Waals surface area contributed by atoms with Crippen molar-refractivity contribution in [2.45, 2.75) is 18.1 Å². The van der Waals surface area contributed by atoms with Crippen molar-refractivity contribution in [1.29, 1.82) is 0 Å². The molecule has 1 atom stereocenters. The highest BCUT2D eigenvalue weighted by Gasteiger charge is 2.24. The number of aliphatic hydroxyl groups is 1. The summed E-state index contributed by atoms with van der Waals surface area (Å²) in [7, 11) is 0. The number of rotatable bonds is 1. The second-order valence-electron chi connectivity index (χ2n) is 4.39. The van der Waals surface area contributed by atoms with E-state index in [9.17, 15) is 4.39 Å². The Balaban J connectivity index is 1.91. The van der Waals surface area contributed by atoms with Gasteiger partial charge < -0.3 is 9.84 Å². The number of hydrogen-bond donors (Lipinski definition) is 1. The number of halogens is 1. The van der Waals surface area contributed by atoms with Gasteiger partial charge in [0, 0.05) is 23.0 Å². The molecular weight excluding hydrogens is 251 g/mol. The molecule has 1 N–H and O–H groups in total. The minimum absolute atomic E-state index is 0.0207. The van der Waals surface area contributed by atoms with Crippen LogP contribution in [-0.4, -0.2) is 17.0 Å². The van der Waals surface area contributed by atoms with Crippen LogP contribution in [0.2, 0.25) is 0 Å². The highest BCUT2D eigenvalue weighted by Crippen LogP contribution is 2.41. The molecule has 0 spiro atoms. The third kappa shape index (κ3) is 2.18. The number of hydrogen-bond acceptors (Lipinski definition) is 3. The van der Waals surface area contributed by atoms with Crippen molar-refractivity contribution in [2.24, 2.45) is 0 Å². The molecule has 1 aliphatic heterocycles. The second-order valence-corrected chi connectivity index (χ2v) is 5.63. The third-order valence-electron chi connectivity index (χ3n) is 3.09. The van der Waals surface area contributed by atoms with Crippen molar-refractivity contribution >= 4 is 11.8 Å². The lowest BCUT2D eigenvalue weighted by Gasteiger charge is -2.18. The van der Waals surface area contributed by atoms with E-state index >= 15 is 0 Å². The molecule has 0 saturated carbocycles. The Morgan fingerprint density at radius 1 is 1.39 bits per heavy atom. The van der Waals surface area contributed by atoms with Gasteiger partial charge in [-0.3, -0.25) is 0 Å². The molecule has 18 heavy (non-hydrogen) atoms. The predicted molar refractivity (Wildman–Crippen MR) is 70.3 cm³/mol. The number of allylic oxidation sites excluding steroid dienone is 4. The van der Waals surface area contributed by atoms with E-state index in [1.54, 1.807) is 18.0 Å². The van der Waals surface area contributed by atoms with Crippen LogP contribution in [0.25, 0.3) is 0 Å². The highest BCUT2D eigenvalue weighted by atomic mass is 32.2. The van der Waals surface area contributed by atoms with Gasteiger partial charge in [0.25, 0.3) is 0 Å².